The van der Waals surface area contributed by atoms with Gasteiger partial charge in [0.05, 0.1) is 13.5 Å². The van der Waals surface area contributed by atoms with Crippen LogP contribution in [0.3, 0.4) is 0 Å². The molecule has 0 bridgehead atoms. The minimum Gasteiger partial charge on any atom is -0.469 e. The molecule has 0 fully saturated rings. The molecule has 0 radical (unpaired) electrons. The molecule has 0 rings (SSSR count). The second-order valence-electron chi connectivity index (χ2n) is 2.75. The lowest BCUT2D eigenvalue weighted by molar-refractivity contribution is -0.227. The number of carbonyl (C=O) groups excluding carboxylic acids is 1. The zero-order valence-electron chi connectivity index (χ0n) is 8.75. The highest BCUT2D eigenvalue weighted by Crippen LogP contribution is 2.17. The van der Waals surface area contributed by atoms with E-state index >= 15 is 0 Å². The first-order valence-corrected chi connectivity index (χ1v) is 4.42. The highest BCUT2D eigenvalue weighted by Gasteiger charge is 2.28. The van der Waals surface area contributed by atoms with Gasteiger partial charge >= 0.3 is 5.97 Å². The molecule has 0 aromatic carbocycles. The fraction of sp³-hybridized carbons (Fsp3) is 0.889. The average molecular weight is 190 g/mol. The van der Waals surface area contributed by atoms with E-state index in [2.05, 4.69) is 4.74 Å². The van der Waals surface area contributed by atoms with Gasteiger partial charge in [-0.3, -0.25) is 4.79 Å². The Morgan fingerprint density at radius 3 is 2.00 bits per heavy atom. The van der Waals surface area contributed by atoms with Crippen molar-refractivity contribution in [3.63, 3.8) is 0 Å². The summed E-state index contributed by atoms with van der Waals surface area (Å²) in [7, 11) is 1.35. The Morgan fingerprint density at radius 1 is 1.23 bits per heavy atom. The van der Waals surface area contributed by atoms with Crippen molar-refractivity contribution in [3.8, 4) is 0 Å². The number of esters is 1. The molecule has 78 valence electrons. The van der Waals surface area contributed by atoms with Crippen LogP contribution in [0.4, 0.5) is 0 Å². The molecule has 0 heterocycles. The van der Waals surface area contributed by atoms with Crippen molar-refractivity contribution in [2.45, 2.75) is 33.0 Å². The molecule has 13 heavy (non-hydrogen) atoms. The Morgan fingerprint density at radius 2 is 1.69 bits per heavy atom. The third kappa shape index (κ3) is 4.85. The van der Waals surface area contributed by atoms with Crippen molar-refractivity contribution in [1.29, 1.82) is 0 Å². The Kier molecular flexibility index (Phi) is 5.66. The van der Waals surface area contributed by atoms with Crippen LogP contribution in [0.25, 0.3) is 0 Å². The smallest absolute Gasteiger partial charge is 0.310 e. The molecule has 0 atom stereocenters. The van der Waals surface area contributed by atoms with Gasteiger partial charge in [0.15, 0.2) is 5.79 Å². The van der Waals surface area contributed by atoms with Gasteiger partial charge in [0.1, 0.15) is 0 Å². The molecular weight excluding hydrogens is 172 g/mol. The molecular formula is C9H18O4. The lowest BCUT2D eigenvalue weighted by atomic mass is 10.2. The van der Waals surface area contributed by atoms with Crippen molar-refractivity contribution < 1.29 is 19.0 Å². The molecule has 0 aromatic heterocycles. The van der Waals surface area contributed by atoms with E-state index < -0.39 is 5.79 Å². The van der Waals surface area contributed by atoms with E-state index in [4.69, 9.17) is 9.47 Å². The van der Waals surface area contributed by atoms with Gasteiger partial charge in [-0.1, -0.05) is 0 Å². The number of methoxy groups -OCH3 is 1. The Bertz CT molecular complexity index is 150. The maximum absolute atomic E-state index is 11.0. The van der Waals surface area contributed by atoms with Crippen LogP contribution in [-0.2, 0) is 19.0 Å². The summed E-state index contributed by atoms with van der Waals surface area (Å²) >= 11 is 0. The molecule has 4 heteroatoms. The molecule has 0 N–H and O–H groups in total. The van der Waals surface area contributed by atoms with Crippen LogP contribution in [0.1, 0.15) is 27.2 Å². The van der Waals surface area contributed by atoms with Gasteiger partial charge in [0.25, 0.3) is 0 Å². The van der Waals surface area contributed by atoms with Crippen LogP contribution in [0, 0.1) is 0 Å². The van der Waals surface area contributed by atoms with Crippen LogP contribution in [-0.4, -0.2) is 32.1 Å². The summed E-state index contributed by atoms with van der Waals surface area (Å²) in [5.74, 6) is -1.18. The van der Waals surface area contributed by atoms with Gasteiger partial charge in [0.2, 0.25) is 0 Å². The van der Waals surface area contributed by atoms with Crippen molar-refractivity contribution in [2.75, 3.05) is 20.3 Å². The third-order valence-corrected chi connectivity index (χ3v) is 1.59. The van der Waals surface area contributed by atoms with Gasteiger partial charge < -0.3 is 14.2 Å². The number of ether oxygens (including phenoxy) is 3. The standard InChI is InChI=1S/C9H18O4/c1-5-12-9(3,13-6-2)7-8(10)11-4/h5-7H2,1-4H3. The van der Waals surface area contributed by atoms with Gasteiger partial charge in [-0.15, -0.1) is 0 Å². The molecule has 0 aliphatic heterocycles. The minimum atomic E-state index is -0.851. The van der Waals surface area contributed by atoms with Crippen molar-refractivity contribution in [2.24, 2.45) is 0 Å². The van der Waals surface area contributed by atoms with E-state index in [1.54, 1.807) is 6.92 Å². The minimum absolute atomic E-state index is 0.116. The molecule has 0 spiro atoms. The summed E-state index contributed by atoms with van der Waals surface area (Å²) in [4.78, 5) is 11.0. The molecule has 0 saturated heterocycles. The summed E-state index contributed by atoms with van der Waals surface area (Å²) in [6, 6.07) is 0. The van der Waals surface area contributed by atoms with Crippen LogP contribution in [0.5, 0.6) is 0 Å². The molecule has 0 unspecified atom stereocenters. The van der Waals surface area contributed by atoms with Crippen molar-refractivity contribution >= 4 is 5.97 Å². The zero-order chi connectivity index (χ0) is 10.3. The summed E-state index contributed by atoms with van der Waals surface area (Å²) in [5, 5.41) is 0. The van der Waals surface area contributed by atoms with Crippen LogP contribution in [0.15, 0.2) is 0 Å². The summed E-state index contributed by atoms with van der Waals surface area (Å²) < 4.78 is 15.2. The first-order valence-electron chi connectivity index (χ1n) is 4.42. The second kappa shape index (κ2) is 5.94. The van der Waals surface area contributed by atoms with E-state index in [1.165, 1.54) is 7.11 Å². The van der Waals surface area contributed by atoms with Gasteiger partial charge in [-0.2, -0.15) is 0 Å². The third-order valence-electron chi connectivity index (χ3n) is 1.59. The molecule has 0 aromatic rings. The Hall–Kier alpha value is -0.610. The first-order chi connectivity index (χ1) is 6.08. The SMILES string of the molecule is CCOC(C)(CC(=O)OC)OCC. The quantitative estimate of drug-likeness (QED) is 0.468. The van der Waals surface area contributed by atoms with Crippen LogP contribution in [0.2, 0.25) is 0 Å². The van der Waals surface area contributed by atoms with E-state index in [1.807, 2.05) is 13.8 Å². The van der Waals surface area contributed by atoms with Gasteiger partial charge in [-0.25, -0.2) is 0 Å². The predicted molar refractivity (Wildman–Crippen MR) is 48.3 cm³/mol. The average Bonchev–Trinajstić information content (AvgIpc) is 2.04. The molecule has 0 aliphatic carbocycles. The fourth-order valence-electron chi connectivity index (χ4n) is 1.09. The fourth-order valence-corrected chi connectivity index (χ4v) is 1.09. The summed E-state index contributed by atoms with van der Waals surface area (Å²) in [6.45, 7) is 6.46. The molecule has 0 amide bonds. The highest BCUT2D eigenvalue weighted by molar-refractivity contribution is 5.70. The molecule has 0 aliphatic rings. The summed E-state index contributed by atoms with van der Waals surface area (Å²) in [5.41, 5.74) is 0. The monoisotopic (exact) mass is 190 g/mol. The normalized spacial score (nSPS) is 11.4. The van der Waals surface area contributed by atoms with Crippen LogP contribution >= 0.6 is 0 Å². The maximum atomic E-state index is 11.0. The Labute approximate surface area is 79.2 Å². The van der Waals surface area contributed by atoms with Gasteiger partial charge in [-0.05, 0) is 20.8 Å². The topological polar surface area (TPSA) is 44.8 Å². The number of hydrogen-bond acceptors (Lipinski definition) is 4. The number of carbonyl (C=O) groups is 1. The molecule has 4 nitrogen and oxygen atoms in total. The second-order valence-corrected chi connectivity index (χ2v) is 2.75. The van der Waals surface area contributed by atoms with E-state index in [-0.39, 0.29) is 12.4 Å². The van der Waals surface area contributed by atoms with Gasteiger partial charge in [0, 0.05) is 13.2 Å². The van der Waals surface area contributed by atoms with Crippen molar-refractivity contribution in [3.05, 3.63) is 0 Å². The number of hydrogen-bond donors (Lipinski definition) is 0. The first kappa shape index (κ1) is 12.4. The lowest BCUT2D eigenvalue weighted by Crippen LogP contribution is -2.35. The van der Waals surface area contributed by atoms with E-state index in [9.17, 15) is 4.79 Å². The molecule has 0 saturated carbocycles. The largest absolute Gasteiger partial charge is 0.469 e. The van der Waals surface area contributed by atoms with E-state index in [0.717, 1.165) is 0 Å². The maximum Gasteiger partial charge on any atom is 0.310 e. The summed E-state index contributed by atoms with van der Waals surface area (Å²) in [6.07, 6.45) is 0.116. The predicted octanol–water partition coefficient (Wildman–Crippen LogP) is 1.34. The Balaban J connectivity index is 4.13. The van der Waals surface area contributed by atoms with E-state index in [0.29, 0.717) is 13.2 Å². The highest BCUT2D eigenvalue weighted by atomic mass is 16.7. The van der Waals surface area contributed by atoms with Crippen molar-refractivity contribution in [1.82, 2.24) is 0 Å². The van der Waals surface area contributed by atoms with Crippen LogP contribution < -0.4 is 0 Å². The number of rotatable bonds is 6. The zero-order valence-corrected chi connectivity index (χ0v) is 8.75. The lowest BCUT2D eigenvalue weighted by Gasteiger charge is -2.27.